The third-order valence-corrected chi connectivity index (χ3v) is 7.18. The van der Waals surface area contributed by atoms with Crippen LogP contribution >= 0.6 is 11.6 Å². The van der Waals surface area contributed by atoms with Crippen LogP contribution in [0.15, 0.2) is 48.5 Å². The van der Waals surface area contributed by atoms with Gasteiger partial charge in [0.05, 0.1) is 12.2 Å². The number of anilines is 1. The van der Waals surface area contributed by atoms with Gasteiger partial charge in [-0.1, -0.05) is 29.8 Å². The van der Waals surface area contributed by atoms with E-state index in [0.29, 0.717) is 43.0 Å². The number of amides is 2. The summed E-state index contributed by atoms with van der Waals surface area (Å²) in [5.74, 6) is -0.388. The number of rotatable bonds is 5. The van der Waals surface area contributed by atoms with E-state index in [1.165, 1.54) is 5.56 Å². The Bertz CT molecular complexity index is 1000. The van der Waals surface area contributed by atoms with Gasteiger partial charge in [0.15, 0.2) is 0 Å². The van der Waals surface area contributed by atoms with Crippen molar-refractivity contribution in [1.29, 1.82) is 0 Å². The van der Waals surface area contributed by atoms with Crippen molar-refractivity contribution in [2.24, 2.45) is 5.41 Å². The van der Waals surface area contributed by atoms with E-state index >= 15 is 0 Å². The smallest absolute Gasteiger partial charge is 0.338 e. The molecule has 1 atom stereocenters. The van der Waals surface area contributed by atoms with Crippen LogP contribution in [0.4, 0.5) is 10.5 Å². The van der Waals surface area contributed by atoms with Crippen molar-refractivity contribution >= 4 is 29.3 Å². The fourth-order valence-corrected chi connectivity index (χ4v) is 5.31. The number of halogens is 1. The third-order valence-electron chi connectivity index (χ3n) is 6.93. The van der Waals surface area contributed by atoms with Crippen molar-refractivity contribution in [2.75, 3.05) is 31.6 Å². The van der Waals surface area contributed by atoms with Gasteiger partial charge in [0, 0.05) is 47.8 Å². The van der Waals surface area contributed by atoms with Gasteiger partial charge in [0.2, 0.25) is 0 Å². The minimum atomic E-state index is -0.388. The van der Waals surface area contributed by atoms with E-state index in [1.807, 2.05) is 17.0 Å². The topological polar surface area (TPSA) is 61.9 Å². The van der Waals surface area contributed by atoms with Crippen LogP contribution in [0.5, 0.6) is 0 Å². The molecule has 4 rings (SSSR count). The van der Waals surface area contributed by atoms with Crippen LogP contribution in [0.2, 0.25) is 5.02 Å². The number of esters is 1. The summed E-state index contributed by atoms with van der Waals surface area (Å²) < 4.78 is 5.05. The van der Waals surface area contributed by atoms with E-state index < -0.39 is 0 Å². The molecule has 0 radical (unpaired) electrons. The fourth-order valence-electron chi connectivity index (χ4n) is 5.18. The molecule has 7 heteroatoms. The zero-order valence-corrected chi connectivity index (χ0v) is 20.3. The summed E-state index contributed by atoms with van der Waals surface area (Å²) >= 11 is 6.13. The number of hydrogen-bond acceptors (Lipinski definition) is 4. The van der Waals surface area contributed by atoms with Crippen molar-refractivity contribution < 1.29 is 14.3 Å². The monoisotopic (exact) mass is 469 g/mol. The first-order chi connectivity index (χ1) is 15.8. The number of ether oxygens (including phenoxy) is 1. The molecule has 33 heavy (non-hydrogen) atoms. The Morgan fingerprint density at radius 3 is 2.48 bits per heavy atom. The first kappa shape index (κ1) is 23.6. The van der Waals surface area contributed by atoms with Crippen LogP contribution in [0, 0.1) is 5.41 Å². The van der Waals surface area contributed by atoms with Crippen molar-refractivity contribution in [3.63, 3.8) is 0 Å². The lowest BCUT2D eigenvalue weighted by Gasteiger charge is -2.62. The van der Waals surface area contributed by atoms with E-state index in [1.54, 1.807) is 31.2 Å². The molecule has 2 saturated heterocycles. The minimum Gasteiger partial charge on any atom is -0.462 e. The number of carbonyl (C=O) groups is 2. The van der Waals surface area contributed by atoms with Gasteiger partial charge in [0.1, 0.15) is 0 Å². The van der Waals surface area contributed by atoms with Gasteiger partial charge in [-0.2, -0.15) is 0 Å². The quantitative estimate of drug-likeness (QED) is 0.579. The predicted molar refractivity (Wildman–Crippen MR) is 131 cm³/mol. The standard InChI is InChI=1S/C26H32ClN3O3/c1-4-33-24(31)20-6-5-7-22(16-20)28-25(32)29-14-12-26(13-15-29)17-30(18(2)3)23(26)19-8-10-21(27)11-9-19/h5-11,16,18,23H,4,12-15,17H2,1-3H3,(H,28,32). The summed E-state index contributed by atoms with van der Waals surface area (Å²) in [4.78, 5) is 29.3. The molecule has 6 nitrogen and oxygen atoms in total. The summed E-state index contributed by atoms with van der Waals surface area (Å²) in [5.41, 5.74) is 2.51. The van der Waals surface area contributed by atoms with Crippen LogP contribution < -0.4 is 5.32 Å². The second-order valence-corrected chi connectivity index (χ2v) is 9.74. The lowest BCUT2D eigenvalue weighted by atomic mass is 9.62. The third kappa shape index (κ3) is 4.87. The fraction of sp³-hybridized carbons (Fsp3) is 0.462. The molecule has 2 aliphatic heterocycles. The molecule has 0 aliphatic carbocycles. The average Bonchev–Trinajstić information content (AvgIpc) is 2.79. The van der Waals surface area contributed by atoms with Gasteiger partial charge in [-0.3, -0.25) is 4.90 Å². The van der Waals surface area contributed by atoms with Crippen LogP contribution in [-0.4, -0.2) is 54.1 Å². The first-order valence-corrected chi connectivity index (χ1v) is 12.0. The molecule has 1 spiro atoms. The molecule has 2 aliphatic rings. The van der Waals surface area contributed by atoms with Gasteiger partial charge in [-0.15, -0.1) is 0 Å². The SMILES string of the molecule is CCOC(=O)c1cccc(NC(=O)N2CCC3(CC2)CN(C(C)C)C3c2ccc(Cl)cc2)c1. The molecule has 2 aromatic carbocycles. The highest BCUT2D eigenvalue weighted by Crippen LogP contribution is 2.55. The van der Waals surface area contributed by atoms with Crippen LogP contribution in [0.3, 0.4) is 0 Å². The maximum Gasteiger partial charge on any atom is 0.338 e. The highest BCUT2D eigenvalue weighted by atomic mass is 35.5. The Morgan fingerprint density at radius 1 is 1.15 bits per heavy atom. The highest BCUT2D eigenvalue weighted by molar-refractivity contribution is 6.30. The normalized spacial score (nSPS) is 19.9. The van der Waals surface area contributed by atoms with E-state index in [0.717, 1.165) is 24.4 Å². The second-order valence-electron chi connectivity index (χ2n) is 9.30. The zero-order valence-electron chi connectivity index (χ0n) is 19.5. The number of nitrogens with one attached hydrogen (secondary N) is 1. The number of benzene rings is 2. The lowest BCUT2D eigenvalue weighted by Crippen LogP contribution is -2.64. The minimum absolute atomic E-state index is 0.131. The van der Waals surface area contributed by atoms with Crippen LogP contribution in [0.1, 0.15) is 55.6 Å². The molecule has 1 N–H and O–H groups in total. The average molecular weight is 470 g/mol. The molecule has 1 unspecified atom stereocenters. The first-order valence-electron chi connectivity index (χ1n) is 11.7. The molecule has 0 aromatic heterocycles. The largest absolute Gasteiger partial charge is 0.462 e. The number of carbonyl (C=O) groups excluding carboxylic acids is 2. The number of likely N-dealkylation sites (tertiary alicyclic amines) is 2. The second kappa shape index (κ2) is 9.74. The van der Waals surface area contributed by atoms with E-state index in [4.69, 9.17) is 16.3 Å². The maximum absolute atomic E-state index is 12.9. The van der Waals surface area contributed by atoms with E-state index in [9.17, 15) is 9.59 Å². The molecule has 2 heterocycles. The number of nitrogens with zero attached hydrogens (tertiary/aromatic N) is 2. The van der Waals surface area contributed by atoms with Gasteiger partial charge < -0.3 is 15.0 Å². The lowest BCUT2D eigenvalue weighted by molar-refractivity contribution is -0.123. The van der Waals surface area contributed by atoms with Gasteiger partial charge >= 0.3 is 12.0 Å². The van der Waals surface area contributed by atoms with Gasteiger partial charge in [-0.05, 0) is 69.5 Å². The van der Waals surface area contributed by atoms with Crippen LogP contribution in [0.25, 0.3) is 0 Å². The summed E-state index contributed by atoms with van der Waals surface area (Å²) in [6.07, 6.45) is 1.92. The molecule has 176 valence electrons. The van der Waals surface area contributed by atoms with Gasteiger partial charge in [0.25, 0.3) is 0 Å². The Balaban J connectivity index is 1.41. The van der Waals surface area contributed by atoms with Gasteiger partial charge in [-0.25, -0.2) is 9.59 Å². The van der Waals surface area contributed by atoms with E-state index in [-0.39, 0.29) is 17.4 Å². The van der Waals surface area contributed by atoms with Crippen molar-refractivity contribution in [3.05, 3.63) is 64.7 Å². The summed E-state index contributed by atoms with van der Waals surface area (Å²) in [6.45, 7) is 9.03. The molecule has 2 fully saturated rings. The molecular formula is C26H32ClN3O3. The number of hydrogen-bond donors (Lipinski definition) is 1. The van der Waals surface area contributed by atoms with Crippen LogP contribution in [-0.2, 0) is 4.74 Å². The Hall–Kier alpha value is -2.57. The van der Waals surface area contributed by atoms with E-state index in [2.05, 4.69) is 36.2 Å². The molecule has 2 amide bonds. The number of piperidine rings is 1. The Labute approximate surface area is 200 Å². The zero-order chi connectivity index (χ0) is 23.6. The number of urea groups is 1. The Morgan fingerprint density at radius 2 is 1.85 bits per heavy atom. The predicted octanol–water partition coefficient (Wildman–Crippen LogP) is 5.60. The molecule has 2 aromatic rings. The van der Waals surface area contributed by atoms with Crippen molar-refractivity contribution in [2.45, 2.75) is 45.7 Å². The summed E-state index contributed by atoms with van der Waals surface area (Å²) in [5, 5.41) is 3.69. The molecule has 0 bridgehead atoms. The Kier molecular flexibility index (Phi) is 6.96. The summed E-state index contributed by atoms with van der Waals surface area (Å²) in [7, 11) is 0. The maximum atomic E-state index is 12.9. The highest BCUT2D eigenvalue weighted by Gasteiger charge is 2.54. The molecular weight excluding hydrogens is 438 g/mol. The molecule has 0 saturated carbocycles. The summed E-state index contributed by atoms with van der Waals surface area (Å²) in [6, 6.07) is 15.8. The van der Waals surface area contributed by atoms with Crippen molar-refractivity contribution in [3.8, 4) is 0 Å². The van der Waals surface area contributed by atoms with Crippen molar-refractivity contribution in [1.82, 2.24) is 9.80 Å².